The van der Waals surface area contributed by atoms with Crippen molar-refractivity contribution in [2.24, 2.45) is 16.9 Å². The summed E-state index contributed by atoms with van der Waals surface area (Å²) in [6.07, 6.45) is 8.32. The number of halogens is 2. The molecule has 57 heavy (non-hydrogen) atoms. The summed E-state index contributed by atoms with van der Waals surface area (Å²) < 4.78 is 34.7. The summed E-state index contributed by atoms with van der Waals surface area (Å²) in [5.74, 6) is 5.71. The van der Waals surface area contributed by atoms with Gasteiger partial charge in [0, 0.05) is 54.9 Å². The van der Waals surface area contributed by atoms with Crippen LogP contribution >= 0.6 is 0 Å². The van der Waals surface area contributed by atoms with E-state index in [0.717, 1.165) is 82.2 Å². The van der Waals surface area contributed by atoms with E-state index < -0.39 is 17.2 Å². The zero-order valence-corrected chi connectivity index (χ0v) is 33.7. The number of nitrogens with one attached hydrogen (secondary N) is 1. The Morgan fingerprint density at radius 1 is 0.877 bits per heavy atom. The third-order valence-electron chi connectivity index (χ3n) is 11.5. The number of benzene rings is 4. The van der Waals surface area contributed by atoms with Crippen LogP contribution in [0.25, 0.3) is 0 Å². The van der Waals surface area contributed by atoms with Gasteiger partial charge in [-0.05, 0) is 98.0 Å². The van der Waals surface area contributed by atoms with Gasteiger partial charge >= 0.3 is 0 Å². The van der Waals surface area contributed by atoms with Crippen molar-refractivity contribution in [3.63, 3.8) is 0 Å². The molecule has 3 aliphatic heterocycles. The summed E-state index contributed by atoms with van der Waals surface area (Å²) in [5, 5.41) is 15.3. The lowest BCUT2D eigenvalue weighted by molar-refractivity contribution is -0.0183. The van der Waals surface area contributed by atoms with E-state index in [0.29, 0.717) is 19.1 Å². The SMILES string of the molecule is C=C1N(c2ccc(N3CCN(c4ccc(CCC5COC(CN(N)C=N)(c6ccc(F)cc6F)C5)cc4)CC3)cc2)C=NN1C(CC)CC.CCc1ccccc1. The van der Waals surface area contributed by atoms with E-state index in [4.69, 9.17) is 16.0 Å². The molecular formula is C46H58F2N8O. The lowest BCUT2D eigenvalue weighted by Gasteiger charge is -2.37. The minimum absolute atomic E-state index is 0.115. The van der Waals surface area contributed by atoms with Gasteiger partial charge in [-0.2, -0.15) is 5.10 Å². The molecule has 2 atom stereocenters. The Kier molecular flexibility index (Phi) is 14.0. The van der Waals surface area contributed by atoms with Gasteiger partial charge in [0.05, 0.1) is 25.5 Å². The van der Waals surface area contributed by atoms with E-state index in [1.54, 1.807) is 0 Å². The van der Waals surface area contributed by atoms with Crippen LogP contribution < -0.4 is 20.5 Å². The molecule has 0 bridgehead atoms. The van der Waals surface area contributed by atoms with Gasteiger partial charge in [-0.15, -0.1) is 0 Å². The molecule has 302 valence electrons. The Morgan fingerprint density at radius 3 is 2.05 bits per heavy atom. The summed E-state index contributed by atoms with van der Waals surface area (Å²) in [6, 6.07) is 31.8. The van der Waals surface area contributed by atoms with Crippen LogP contribution in [0.4, 0.5) is 25.8 Å². The lowest BCUT2D eigenvalue weighted by atomic mass is 9.84. The molecule has 3 heterocycles. The third-order valence-corrected chi connectivity index (χ3v) is 11.5. The first-order chi connectivity index (χ1) is 27.7. The molecule has 3 aliphatic rings. The standard InChI is InChI=1S/C38H48F2N8O.C8H10/c1-4-32(5-2)48-28(3)47(27-43-48)35-15-13-34(14-16-35)45-20-18-44(19-21-45)33-11-8-29(9-12-33)6-7-30-23-38(49-24-30,25-46(42)26-41)36-17-10-31(39)22-37(36)40;1-2-8-6-4-3-5-7-8/h8-17,22,26-27,30,32,41H,3-7,18-21,23-25,42H2,1-2H3;3-7H,2H2,1H3. The molecule has 4 aromatic carbocycles. The molecule has 3 N–H and O–H groups in total. The normalized spacial score (nSPS) is 19.3. The van der Waals surface area contributed by atoms with Crippen molar-refractivity contribution in [3.05, 3.63) is 138 Å². The number of nitrogens with zero attached hydrogens (tertiary/aromatic N) is 6. The highest BCUT2D eigenvalue weighted by molar-refractivity contribution is 5.85. The molecule has 4 aromatic rings. The summed E-state index contributed by atoms with van der Waals surface area (Å²) in [6.45, 7) is 15.2. The predicted octanol–water partition coefficient (Wildman–Crippen LogP) is 8.91. The van der Waals surface area contributed by atoms with Gasteiger partial charge in [0.1, 0.15) is 29.4 Å². The van der Waals surface area contributed by atoms with Gasteiger partial charge in [-0.1, -0.05) is 75.9 Å². The molecule has 0 aromatic heterocycles. The van der Waals surface area contributed by atoms with Crippen molar-refractivity contribution < 1.29 is 13.5 Å². The smallest absolute Gasteiger partial charge is 0.132 e. The average molecular weight is 777 g/mol. The molecular weight excluding hydrogens is 719 g/mol. The van der Waals surface area contributed by atoms with Crippen LogP contribution in [-0.2, 0) is 23.2 Å². The van der Waals surface area contributed by atoms with E-state index in [1.807, 2.05) is 17.4 Å². The third kappa shape index (κ3) is 10.0. The maximum Gasteiger partial charge on any atom is 0.132 e. The van der Waals surface area contributed by atoms with Crippen LogP contribution in [0.3, 0.4) is 0 Å². The minimum atomic E-state index is -1.03. The highest BCUT2D eigenvalue weighted by Gasteiger charge is 2.44. The van der Waals surface area contributed by atoms with Crippen LogP contribution in [-0.4, -0.2) is 68.1 Å². The largest absolute Gasteiger partial charge is 0.368 e. The van der Waals surface area contributed by atoms with Crippen molar-refractivity contribution in [1.82, 2.24) is 10.0 Å². The molecule has 11 heteroatoms. The van der Waals surface area contributed by atoms with Gasteiger partial charge in [-0.3, -0.25) is 15.3 Å². The molecule has 2 unspecified atom stereocenters. The Labute approximate surface area is 337 Å². The summed E-state index contributed by atoms with van der Waals surface area (Å²) in [4.78, 5) is 6.93. The first kappa shape index (κ1) is 41.4. The van der Waals surface area contributed by atoms with Crippen molar-refractivity contribution in [2.75, 3.05) is 54.0 Å². The van der Waals surface area contributed by atoms with Crippen LogP contribution in [0.2, 0.25) is 0 Å². The number of rotatable bonds is 14. The topological polar surface area (TPSA) is 87.7 Å². The zero-order valence-electron chi connectivity index (χ0n) is 33.7. The first-order valence-corrected chi connectivity index (χ1v) is 20.3. The van der Waals surface area contributed by atoms with Crippen molar-refractivity contribution in [1.29, 1.82) is 5.41 Å². The second kappa shape index (κ2) is 19.3. The lowest BCUT2D eigenvalue weighted by Crippen LogP contribution is -2.46. The highest BCUT2D eigenvalue weighted by atomic mass is 19.1. The zero-order chi connectivity index (χ0) is 40.4. The van der Waals surface area contributed by atoms with E-state index in [9.17, 15) is 8.78 Å². The number of anilines is 3. The molecule has 0 amide bonds. The molecule has 2 saturated heterocycles. The number of nitrogens with two attached hydrogens (primary N) is 1. The molecule has 0 aliphatic carbocycles. The van der Waals surface area contributed by atoms with E-state index in [-0.39, 0.29) is 18.0 Å². The van der Waals surface area contributed by atoms with Crippen LogP contribution in [0.5, 0.6) is 0 Å². The van der Waals surface area contributed by atoms with Crippen molar-refractivity contribution >= 4 is 29.7 Å². The Balaban J connectivity index is 0.000000612. The molecule has 0 radical (unpaired) electrons. The van der Waals surface area contributed by atoms with Crippen LogP contribution in [0, 0.1) is 23.0 Å². The number of hydrogen-bond acceptors (Lipinski definition) is 8. The molecule has 0 spiro atoms. The second-order valence-electron chi connectivity index (χ2n) is 15.2. The predicted molar refractivity (Wildman–Crippen MR) is 230 cm³/mol. The Morgan fingerprint density at radius 2 is 1.49 bits per heavy atom. The first-order valence-electron chi connectivity index (χ1n) is 20.3. The number of hydrazine groups is 1. The number of hydrogen-bond donors (Lipinski definition) is 2. The van der Waals surface area contributed by atoms with E-state index in [1.165, 1.54) is 39.6 Å². The minimum Gasteiger partial charge on any atom is -0.368 e. The average Bonchev–Trinajstić information content (AvgIpc) is 3.84. The Hall–Kier alpha value is -5.26. The van der Waals surface area contributed by atoms with Gasteiger partial charge < -0.3 is 14.5 Å². The monoisotopic (exact) mass is 776 g/mol. The number of hydrazone groups is 1. The molecule has 2 fully saturated rings. The molecule has 9 nitrogen and oxygen atoms in total. The van der Waals surface area contributed by atoms with Crippen molar-refractivity contribution in [2.45, 2.75) is 70.9 Å². The van der Waals surface area contributed by atoms with Gasteiger partial charge in [0.15, 0.2) is 0 Å². The Bertz CT molecular complexity index is 1930. The molecule has 7 rings (SSSR count). The van der Waals surface area contributed by atoms with Gasteiger partial charge in [0.2, 0.25) is 0 Å². The van der Waals surface area contributed by atoms with Crippen LogP contribution in [0.1, 0.15) is 63.1 Å². The summed E-state index contributed by atoms with van der Waals surface area (Å²) >= 11 is 0. The van der Waals surface area contributed by atoms with E-state index >= 15 is 0 Å². The second-order valence-corrected chi connectivity index (χ2v) is 15.2. The number of piperazine rings is 1. The van der Waals surface area contributed by atoms with Crippen LogP contribution in [0.15, 0.2) is 115 Å². The maximum atomic E-state index is 14.9. The summed E-state index contributed by atoms with van der Waals surface area (Å²) in [5.41, 5.74) is 5.40. The number of aryl methyl sites for hydroxylation is 2. The van der Waals surface area contributed by atoms with E-state index in [2.05, 4.69) is 120 Å². The fraction of sp³-hybridized carbons (Fsp3) is 0.391. The fourth-order valence-corrected chi connectivity index (χ4v) is 8.14. The maximum absolute atomic E-state index is 14.9. The van der Waals surface area contributed by atoms with Gasteiger partial charge in [0.25, 0.3) is 0 Å². The fourth-order valence-electron chi connectivity index (χ4n) is 8.14. The number of ether oxygens (including phenoxy) is 1. The highest BCUT2D eigenvalue weighted by Crippen LogP contribution is 2.42. The summed E-state index contributed by atoms with van der Waals surface area (Å²) in [7, 11) is 0. The molecule has 0 saturated carbocycles. The van der Waals surface area contributed by atoms with Crippen molar-refractivity contribution in [3.8, 4) is 0 Å². The van der Waals surface area contributed by atoms with Gasteiger partial charge in [-0.25, -0.2) is 19.6 Å². The quantitative estimate of drug-likeness (QED) is 0.0573.